The molecule has 11 heteroatoms. The van der Waals surface area contributed by atoms with Gasteiger partial charge in [0.2, 0.25) is 5.60 Å². The Hall–Kier alpha value is -2.13. The van der Waals surface area contributed by atoms with Gasteiger partial charge in [-0.1, -0.05) is 40.9 Å². The van der Waals surface area contributed by atoms with Crippen molar-refractivity contribution in [3.63, 3.8) is 0 Å². The van der Waals surface area contributed by atoms with Gasteiger partial charge in [0.25, 0.3) is 0 Å². The van der Waals surface area contributed by atoms with Crippen molar-refractivity contribution < 1.29 is 27.5 Å². The molecule has 0 aliphatic carbocycles. The topological polar surface area (TPSA) is 59.6 Å². The van der Waals surface area contributed by atoms with E-state index in [1.165, 1.54) is 24.3 Å². The van der Waals surface area contributed by atoms with Gasteiger partial charge in [0.05, 0.1) is 23.5 Å². The number of hydrogen-bond acceptors (Lipinski definition) is 4. The molecule has 1 unspecified atom stereocenters. The fourth-order valence-electron chi connectivity index (χ4n) is 2.70. The van der Waals surface area contributed by atoms with Gasteiger partial charge in [-0.05, 0) is 36.4 Å². The van der Waals surface area contributed by atoms with E-state index in [0.717, 1.165) is 25.3 Å². The van der Waals surface area contributed by atoms with Gasteiger partial charge in [0, 0.05) is 21.2 Å². The average molecular weight is 468 g/mol. The molecule has 0 saturated carbocycles. The van der Waals surface area contributed by atoms with Crippen LogP contribution in [0.15, 0.2) is 42.5 Å². The van der Waals surface area contributed by atoms with E-state index in [0.29, 0.717) is 0 Å². The Labute approximate surface area is 178 Å². The van der Waals surface area contributed by atoms with E-state index in [1.807, 2.05) is 0 Å². The largest absolute Gasteiger partial charge is 0.453 e. The third-order valence-electron chi connectivity index (χ3n) is 4.08. The van der Waals surface area contributed by atoms with Crippen LogP contribution in [0.1, 0.15) is 11.1 Å². The minimum atomic E-state index is -4.84. The van der Waals surface area contributed by atoms with Crippen molar-refractivity contribution in [3.8, 4) is 0 Å². The van der Waals surface area contributed by atoms with E-state index >= 15 is 0 Å². The van der Waals surface area contributed by atoms with Crippen LogP contribution in [0.25, 0.3) is 5.70 Å². The first-order chi connectivity index (χ1) is 13.6. The highest BCUT2D eigenvalue weighted by molar-refractivity contribution is 6.34. The van der Waals surface area contributed by atoms with Crippen LogP contribution in [0, 0.1) is 0 Å². The summed E-state index contributed by atoms with van der Waals surface area (Å²) in [6.07, 6.45) is -4.76. The van der Waals surface area contributed by atoms with E-state index in [2.05, 4.69) is 15.5 Å². The highest BCUT2D eigenvalue weighted by atomic mass is 35.5. The SMILES string of the molecule is COC(=O)Nc1cc(C2=CC(c3cc(Cl)cc(Cl)c3)(C(F)(F)F)ON2)ccc1Cl. The summed E-state index contributed by atoms with van der Waals surface area (Å²) in [6.45, 7) is 0. The summed E-state index contributed by atoms with van der Waals surface area (Å²) in [5.74, 6) is 0. The van der Waals surface area contributed by atoms with Crippen LogP contribution in [-0.4, -0.2) is 19.4 Å². The number of hydrogen-bond donors (Lipinski definition) is 2. The third kappa shape index (κ3) is 4.25. The highest BCUT2D eigenvalue weighted by Gasteiger charge is 2.59. The fraction of sp³-hybridized carbons (Fsp3) is 0.167. The summed E-state index contributed by atoms with van der Waals surface area (Å²) in [5.41, 5.74) is -0.409. The van der Waals surface area contributed by atoms with Crippen molar-refractivity contribution in [2.75, 3.05) is 12.4 Å². The third-order valence-corrected chi connectivity index (χ3v) is 4.85. The van der Waals surface area contributed by atoms with E-state index in [-0.39, 0.29) is 37.6 Å². The van der Waals surface area contributed by atoms with Gasteiger partial charge in [-0.15, -0.1) is 0 Å². The highest BCUT2D eigenvalue weighted by Crippen LogP contribution is 2.48. The molecule has 0 spiro atoms. The van der Waals surface area contributed by atoms with Crippen LogP contribution in [0.3, 0.4) is 0 Å². The van der Waals surface area contributed by atoms with Crippen molar-refractivity contribution in [1.29, 1.82) is 0 Å². The first-order valence-corrected chi connectivity index (χ1v) is 9.04. The Balaban J connectivity index is 2.08. The smallest absolute Gasteiger partial charge is 0.428 e. The molecule has 154 valence electrons. The predicted molar refractivity (Wildman–Crippen MR) is 104 cm³/mol. The van der Waals surface area contributed by atoms with E-state index in [4.69, 9.17) is 39.6 Å². The lowest BCUT2D eigenvalue weighted by Gasteiger charge is -2.28. The second-order valence-corrected chi connectivity index (χ2v) is 7.24. The number of nitrogens with one attached hydrogen (secondary N) is 2. The molecule has 2 aromatic rings. The van der Waals surface area contributed by atoms with E-state index < -0.39 is 17.9 Å². The Morgan fingerprint density at radius 3 is 2.38 bits per heavy atom. The number of halogens is 6. The average Bonchev–Trinajstić information content (AvgIpc) is 3.09. The molecule has 29 heavy (non-hydrogen) atoms. The molecule has 1 aliphatic heterocycles. The van der Waals surface area contributed by atoms with Crippen LogP contribution in [0.2, 0.25) is 15.1 Å². The standard InChI is InChI=1S/C18H12Cl3F3N2O3/c1-28-16(27)25-14-4-9(2-3-13(14)21)15-8-17(29-26-15,18(22,23)24)10-5-11(19)7-12(20)6-10/h2-8,26H,1H3,(H,25,27). The quantitative estimate of drug-likeness (QED) is 0.568. The van der Waals surface area contributed by atoms with Gasteiger partial charge in [0.1, 0.15) is 0 Å². The Morgan fingerprint density at radius 1 is 1.14 bits per heavy atom. The molecular formula is C18H12Cl3F3N2O3. The predicted octanol–water partition coefficient (Wildman–Crippen LogP) is 6.16. The van der Waals surface area contributed by atoms with Crippen LogP contribution < -0.4 is 10.8 Å². The monoisotopic (exact) mass is 466 g/mol. The van der Waals surface area contributed by atoms with Crippen molar-refractivity contribution in [1.82, 2.24) is 5.48 Å². The number of carbonyl (C=O) groups is 1. The second-order valence-electron chi connectivity index (χ2n) is 5.96. The van der Waals surface area contributed by atoms with Crippen molar-refractivity contribution in [2.24, 2.45) is 0 Å². The molecular weight excluding hydrogens is 456 g/mol. The molecule has 3 rings (SSSR count). The van der Waals surface area contributed by atoms with E-state index in [1.54, 1.807) is 0 Å². The summed E-state index contributed by atoms with van der Waals surface area (Å²) in [6, 6.07) is 7.80. The number of alkyl halides is 3. The maximum atomic E-state index is 14.0. The second kappa shape index (κ2) is 7.95. The molecule has 1 heterocycles. The fourth-order valence-corrected chi connectivity index (χ4v) is 3.39. The molecule has 0 saturated heterocycles. The van der Waals surface area contributed by atoms with E-state index in [9.17, 15) is 18.0 Å². The summed E-state index contributed by atoms with van der Waals surface area (Å²) < 4.78 is 46.6. The molecule has 2 aromatic carbocycles. The van der Waals surface area contributed by atoms with Crippen LogP contribution in [0.5, 0.6) is 0 Å². The maximum Gasteiger partial charge on any atom is 0.428 e. The first kappa shape index (κ1) is 21.6. The first-order valence-electron chi connectivity index (χ1n) is 7.91. The number of benzene rings is 2. The molecule has 2 N–H and O–H groups in total. The summed E-state index contributed by atoms with van der Waals surface area (Å²) in [4.78, 5) is 16.4. The number of methoxy groups -OCH3 is 1. The minimum Gasteiger partial charge on any atom is -0.453 e. The van der Waals surface area contributed by atoms with Crippen molar-refractivity contribution in [2.45, 2.75) is 11.8 Å². The van der Waals surface area contributed by atoms with Crippen molar-refractivity contribution in [3.05, 3.63) is 68.7 Å². The van der Waals surface area contributed by atoms with Crippen molar-refractivity contribution >= 4 is 52.3 Å². The Kier molecular flexibility index (Phi) is 5.91. The zero-order valence-electron chi connectivity index (χ0n) is 14.5. The summed E-state index contributed by atoms with van der Waals surface area (Å²) in [5, 5.41) is 2.60. The Bertz CT molecular complexity index is 978. The van der Waals surface area contributed by atoms with Crippen LogP contribution in [-0.2, 0) is 15.2 Å². The number of amides is 1. The van der Waals surface area contributed by atoms with Gasteiger partial charge >= 0.3 is 12.3 Å². The van der Waals surface area contributed by atoms with Gasteiger partial charge in [-0.2, -0.15) is 13.2 Å². The summed E-state index contributed by atoms with van der Waals surface area (Å²) >= 11 is 17.8. The number of hydroxylamine groups is 1. The molecule has 5 nitrogen and oxygen atoms in total. The van der Waals surface area contributed by atoms with Gasteiger partial charge in [-0.25, -0.2) is 4.79 Å². The van der Waals surface area contributed by atoms with Crippen LogP contribution >= 0.6 is 34.8 Å². The molecule has 1 amide bonds. The zero-order valence-corrected chi connectivity index (χ0v) is 16.8. The molecule has 1 atom stereocenters. The lowest BCUT2D eigenvalue weighted by Crippen LogP contribution is -2.42. The minimum absolute atomic E-state index is 0.00278. The molecule has 1 aliphatic rings. The lowest BCUT2D eigenvalue weighted by molar-refractivity contribution is -0.269. The molecule has 0 bridgehead atoms. The number of ether oxygens (including phenoxy) is 1. The lowest BCUT2D eigenvalue weighted by atomic mass is 9.91. The number of rotatable bonds is 3. The number of carbonyl (C=O) groups excluding carboxylic acids is 1. The number of anilines is 1. The normalized spacial score (nSPS) is 18.8. The molecule has 0 radical (unpaired) electrons. The zero-order chi connectivity index (χ0) is 21.4. The molecule has 0 fully saturated rings. The maximum absolute atomic E-state index is 14.0. The van der Waals surface area contributed by atoms with Gasteiger partial charge in [-0.3, -0.25) is 15.6 Å². The molecule has 0 aromatic heterocycles. The Morgan fingerprint density at radius 2 is 1.79 bits per heavy atom. The van der Waals surface area contributed by atoms with Crippen LogP contribution in [0.4, 0.5) is 23.7 Å². The van der Waals surface area contributed by atoms with Gasteiger partial charge in [0.15, 0.2) is 0 Å². The van der Waals surface area contributed by atoms with Gasteiger partial charge < -0.3 is 4.74 Å². The summed E-state index contributed by atoms with van der Waals surface area (Å²) in [7, 11) is 1.16.